The van der Waals surface area contributed by atoms with Crippen LogP contribution in [-0.4, -0.2) is 37.1 Å². The van der Waals surface area contributed by atoms with Gasteiger partial charge in [-0.3, -0.25) is 0 Å². The molecule has 2 nitrogen and oxygen atoms in total. The third-order valence-corrected chi connectivity index (χ3v) is 5.09. The molecule has 0 aromatic carbocycles. The van der Waals surface area contributed by atoms with Gasteiger partial charge < -0.3 is 10.2 Å². The van der Waals surface area contributed by atoms with Crippen LogP contribution >= 0.6 is 0 Å². The summed E-state index contributed by atoms with van der Waals surface area (Å²) in [5.74, 6) is 3.09. The Morgan fingerprint density at radius 2 is 1.56 bits per heavy atom. The molecule has 2 saturated carbocycles. The average molecular weight is 250 g/mol. The third-order valence-electron chi connectivity index (χ3n) is 5.09. The van der Waals surface area contributed by atoms with Crippen LogP contribution in [0.2, 0.25) is 0 Å². The first-order valence-corrected chi connectivity index (χ1v) is 8.29. The smallest absolute Gasteiger partial charge is 0.0197 e. The van der Waals surface area contributed by atoms with E-state index in [-0.39, 0.29) is 0 Å². The van der Waals surface area contributed by atoms with Gasteiger partial charge in [-0.1, -0.05) is 13.3 Å². The maximum absolute atomic E-state index is 3.76. The van der Waals surface area contributed by atoms with Crippen LogP contribution in [0.5, 0.6) is 0 Å². The van der Waals surface area contributed by atoms with Crippen LogP contribution in [0.1, 0.15) is 51.9 Å². The Morgan fingerprint density at radius 1 is 0.889 bits per heavy atom. The van der Waals surface area contributed by atoms with Crippen LogP contribution in [-0.2, 0) is 0 Å². The van der Waals surface area contributed by atoms with Crippen molar-refractivity contribution in [2.45, 2.75) is 57.9 Å². The summed E-state index contributed by atoms with van der Waals surface area (Å²) in [7, 11) is 0. The average Bonchev–Trinajstić information content (AvgIpc) is 3.25. The molecule has 3 aliphatic rings. The van der Waals surface area contributed by atoms with Crippen LogP contribution in [0.4, 0.5) is 0 Å². The molecule has 0 spiro atoms. The molecule has 2 unspecified atom stereocenters. The van der Waals surface area contributed by atoms with Crippen LogP contribution < -0.4 is 5.32 Å². The molecule has 2 aliphatic carbocycles. The largest absolute Gasteiger partial charge is 0.313 e. The molecule has 1 saturated heterocycles. The Morgan fingerprint density at radius 3 is 2.11 bits per heavy atom. The predicted molar refractivity (Wildman–Crippen MR) is 76.7 cm³/mol. The second kappa shape index (κ2) is 5.92. The first kappa shape index (κ1) is 12.9. The van der Waals surface area contributed by atoms with Gasteiger partial charge in [-0.2, -0.15) is 0 Å². The summed E-state index contributed by atoms with van der Waals surface area (Å²) in [5.41, 5.74) is 0. The number of piperidine rings is 1. The zero-order valence-corrected chi connectivity index (χ0v) is 12.0. The molecule has 0 bridgehead atoms. The predicted octanol–water partition coefficient (Wildman–Crippen LogP) is 2.89. The highest BCUT2D eigenvalue weighted by molar-refractivity contribution is 4.86. The third kappa shape index (κ3) is 3.96. The van der Waals surface area contributed by atoms with Gasteiger partial charge in [-0.25, -0.2) is 0 Å². The lowest BCUT2D eigenvalue weighted by Crippen LogP contribution is -2.46. The molecule has 104 valence electrons. The molecule has 3 rings (SSSR count). The number of nitrogens with one attached hydrogen (secondary N) is 1. The van der Waals surface area contributed by atoms with Crippen molar-refractivity contribution in [3.05, 3.63) is 0 Å². The molecule has 1 heterocycles. The van der Waals surface area contributed by atoms with Crippen molar-refractivity contribution in [1.82, 2.24) is 10.2 Å². The molecule has 3 fully saturated rings. The Hall–Kier alpha value is -0.0800. The van der Waals surface area contributed by atoms with Gasteiger partial charge in [0.25, 0.3) is 0 Å². The van der Waals surface area contributed by atoms with E-state index in [9.17, 15) is 0 Å². The highest BCUT2D eigenvalue weighted by Gasteiger charge is 2.31. The van der Waals surface area contributed by atoms with Gasteiger partial charge in [0.15, 0.2) is 0 Å². The van der Waals surface area contributed by atoms with Crippen molar-refractivity contribution in [3.63, 3.8) is 0 Å². The minimum atomic E-state index is 0.779. The van der Waals surface area contributed by atoms with Crippen LogP contribution in [0.15, 0.2) is 0 Å². The Kier molecular flexibility index (Phi) is 4.25. The maximum Gasteiger partial charge on any atom is 0.0197 e. The van der Waals surface area contributed by atoms with Crippen molar-refractivity contribution in [2.75, 3.05) is 26.2 Å². The van der Waals surface area contributed by atoms with E-state index in [0.717, 1.165) is 23.8 Å². The lowest BCUT2D eigenvalue weighted by Gasteiger charge is -2.34. The zero-order valence-electron chi connectivity index (χ0n) is 12.0. The molecule has 0 aromatic heterocycles. The molecular formula is C16H30N2. The fourth-order valence-corrected chi connectivity index (χ4v) is 3.47. The van der Waals surface area contributed by atoms with E-state index in [1.807, 2.05) is 0 Å². The Bertz CT molecular complexity index is 244. The Balaban J connectivity index is 1.46. The quantitative estimate of drug-likeness (QED) is 0.747. The number of rotatable bonds is 7. The number of hydrogen-bond acceptors (Lipinski definition) is 2. The molecule has 18 heavy (non-hydrogen) atoms. The van der Waals surface area contributed by atoms with E-state index >= 15 is 0 Å². The fourth-order valence-electron chi connectivity index (χ4n) is 3.47. The normalized spacial score (nSPS) is 33.0. The van der Waals surface area contributed by atoms with Gasteiger partial charge in [-0.15, -0.1) is 0 Å². The first-order valence-electron chi connectivity index (χ1n) is 8.29. The molecule has 2 atom stereocenters. The zero-order chi connectivity index (χ0) is 12.4. The molecule has 0 radical (unpaired) electrons. The summed E-state index contributed by atoms with van der Waals surface area (Å²) < 4.78 is 0. The standard InChI is InChI=1S/C16H30N2/c1-2-13-7-8-17-16(9-13)12-18(10-14-3-4-14)11-15-5-6-15/h13-17H,2-12H2,1H3. The minimum absolute atomic E-state index is 0.779. The van der Waals surface area contributed by atoms with Crippen LogP contribution in [0.25, 0.3) is 0 Å². The minimum Gasteiger partial charge on any atom is -0.313 e. The van der Waals surface area contributed by atoms with E-state index in [2.05, 4.69) is 17.1 Å². The van der Waals surface area contributed by atoms with Crippen molar-refractivity contribution < 1.29 is 0 Å². The van der Waals surface area contributed by atoms with Crippen molar-refractivity contribution in [2.24, 2.45) is 17.8 Å². The van der Waals surface area contributed by atoms with Crippen LogP contribution in [0, 0.1) is 17.8 Å². The molecule has 1 N–H and O–H groups in total. The van der Waals surface area contributed by atoms with E-state index in [1.54, 1.807) is 0 Å². The summed E-state index contributed by atoms with van der Waals surface area (Å²) in [6, 6.07) is 0.779. The van der Waals surface area contributed by atoms with Crippen molar-refractivity contribution in [3.8, 4) is 0 Å². The SMILES string of the molecule is CCC1CCNC(CN(CC2CC2)CC2CC2)C1. The molecule has 0 amide bonds. The monoisotopic (exact) mass is 250 g/mol. The lowest BCUT2D eigenvalue weighted by molar-refractivity contribution is 0.188. The maximum atomic E-state index is 3.76. The second-order valence-corrected chi connectivity index (χ2v) is 7.05. The summed E-state index contributed by atoms with van der Waals surface area (Å²) in [5, 5.41) is 3.76. The topological polar surface area (TPSA) is 15.3 Å². The van der Waals surface area contributed by atoms with Gasteiger partial charge >= 0.3 is 0 Å². The lowest BCUT2D eigenvalue weighted by atomic mass is 9.90. The Labute approximate surface area is 113 Å². The highest BCUT2D eigenvalue weighted by atomic mass is 15.2. The molecule has 1 aliphatic heterocycles. The number of nitrogens with zero attached hydrogens (tertiary/aromatic N) is 1. The summed E-state index contributed by atoms with van der Waals surface area (Å²) in [6.45, 7) is 7.73. The first-order chi connectivity index (χ1) is 8.83. The van der Waals surface area contributed by atoms with E-state index in [0.29, 0.717) is 0 Å². The molecule has 0 aromatic rings. The molecular weight excluding hydrogens is 220 g/mol. The summed E-state index contributed by atoms with van der Waals surface area (Å²) >= 11 is 0. The molecule has 2 heteroatoms. The van der Waals surface area contributed by atoms with Gasteiger partial charge in [0.05, 0.1) is 0 Å². The van der Waals surface area contributed by atoms with E-state index in [1.165, 1.54) is 71.1 Å². The summed E-state index contributed by atoms with van der Waals surface area (Å²) in [4.78, 5) is 2.80. The van der Waals surface area contributed by atoms with Gasteiger partial charge in [-0.05, 0) is 62.8 Å². The highest BCUT2D eigenvalue weighted by Crippen LogP contribution is 2.34. The fraction of sp³-hybridized carbons (Fsp3) is 1.00. The van der Waals surface area contributed by atoms with Gasteiger partial charge in [0, 0.05) is 25.7 Å². The van der Waals surface area contributed by atoms with E-state index < -0.39 is 0 Å². The van der Waals surface area contributed by atoms with E-state index in [4.69, 9.17) is 0 Å². The van der Waals surface area contributed by atoms with Crippen molar-refractivity contribution >= 4 is 0 Å². The van der Waals surface area contributed by atoms with Gasteiger partial charge in [0.2, 0.25) is 0 Å². The van der Waals surface area contributed by atoms with Crippen LogP contribution in [0.3, 0.4) is 0 Å². The number of hydrogen-bond donors (Lipinski definition) is 1. The second-order valence-electron chi connectivity index (χ2n) is 7.05. The summed E-state index contributed by atoms with van der Waals surface area (Å²) in [6.07, 6.45) is 10.2. The van der Waals surface area contributed by atoms with Crippen molar-refractivity contribution in [1.29, 1.82) is 0 Å². The van der Waals surface area contributed by atoms with Gasteiger partial charge in [0.1, 0.15) is 0 Å².